The highest BCUT2D eigenvalue weighted by molar-refractivity contribution is 7.91. The van der Waals surface area contributed by atoms with Crippen LogP contribution in [0.3, 0.4) is 0 Å². The van der Waals surface area contributed by atoms with Gasteiger partial charge in [0.25, 0.3) is 0 Å². The van der Waals surface area contributed by atoms with Crippen LogP contribution >= 0.6 is 11.6 Å². The number of halogens is 2. The normalized spacial score (nSPS) is 24.6. The lowest BCUT2D eigenvalue weighted by atomic mass is 10.1. The minimum absolute atomic E-state index is 0.0935. The fraction of sp³-hybridized carbons (Fsp3) is 0.235. The molecular formula is C17H14ClFN2O3S. The molecule has 2 atom stereocenters. The summed E-state index contributed by atoms with van der Waals surface area (Å²) in [6.45, 7) is 0. The van der Waals surface area contributed by atoms with Crippen LogP contribution in [-0.2, 0) is 9.84 Å². The monoisotopic (exact) mass is 380 g/mol. The van der Waals surface area contributed by atoms with Crippen LogP contribution in [0.15, 0.2) is 48.5 Å². The molecule has 0 aliphatic carbocycles. The van der Waals surface area contributed by atoms with Crippen LogP contribution in [-0.4, -0.2) is 38.0 Å². The smallest absolute Gasteiger partial charge is 0.288 e. The van der Waals surface area contributed by atoms with E-state index >= 15 is 0 Å². The molecule has 0 radical (unpaired) electrons. The van der Waals surface area contributed by atoms with Gasteiger partial charge in [0.05, 0.1) is 23.6 Å². The first kappa shape index (κ1) is 16.4. The number of fused-ring (bicyclic) bond motifs is 1. The lowest BCUT2D eigenvalue weighted by Gasteiger charge is -2.22. The summed E-state index contributed by atoms with van der Waals surface area (Å²) in [5, 5.41) is 0.529. The van der Waals surface area contributed by atoms with E-state index in [0.29, 0.717) is 16.4 Å². The van der Waals surface area contributed by atoms with Crippen LogP contribution in [0.5, 0.6) is 0 Å². The van der Waals surface area contributed by atoms with Gasteiger partial charge in [0, 0.05) is 16.4 Å². The van der Waals surface area contributed by atoms with E-state index in [-0.39, 0.29) is 17.5 Å². The summed E-state index contributed by atoms with van der Waals surface area (Å²) in [4.78, 5) is 16.0. The topological polar surface area (TPSA) is 57.7 Å². The quantitative estimate of drug-likeness (QED) is 0.752. The van der Waals surface area contributed by atoms with Crippen LogP contribution in [0.25, 0.3) is 0 Å². The number of amides is 2. The van der Waals surface area contributed by atoms with Crippen molar-refractivity contribution in [3.63, 3.8) is 0 Å². The molecule has 0 unspecified atom stereocenters. The Bertz CT molecular complexity index is 862. The van der Waals surface area contributed by atoms with Gasteiger partial charge in [0.1, 0.15) is 5.82 Å². The first-order chi connectivity index (χ1) is 11.9. The van der Waals surface area contributed by atoms with E-state index < -0.39 is 27.7 Å². The second kappa shape index (κ2) is 5.71. The van der Waals surface area contributed by atoms with Gasteiger partial charge < -0.3 is 0 Å². The van der Waals surface area contributed by atoms with E-state index in [9.17, 15) is 17.6 Å². The van der Waals surface area contributed by atoms with Crippen molar-refractivity contribution in [1.29, 1.82) is 0 Å². The van der Waals surface area contributed by atoms with Crippen molar-refractivity contribution in [1.82, 2.24) is 0 Å². The molecule has 130 valence electrons. The molecule has 0 saturated carbocycles. The SMILES string of the molecule is O=C1N(c2ccc(Cl)cc2)[C@@H]2CS(=O)(=O)C[C@@H]2N1c1ccc(F)cc1. The zero-order chi connectivity index (χ0) is 17.8. The summed E-state index contributed by atoms with van der Waals surface area (Å²) >= 11 is 5.91. The maximum atomic E-state index is 13.2. The first-order valence-corrected chi connectivity index (χ1v) is 9.90. The molecule has 2 aliphatic heterocycles. The Morgan fingerprint density at radius 2 is 1.32 bits per heavy atom. The fourth-order valence-corrected chi connectivity index (χ4v) is 5.56. The van der Waals surface area contributed by atoms with Crippen LogP contribution in [0.1, 0.15) is 0 Å². The Hall–Kier alpha value is -2.12. The van der Waals surface area contributed by atoms with Crippen LogP contribution < -0.4 is 9.80 Å². The molecule has 0 bridgehead atoms. The summed E-state index contributed by atoms with van der Waals surface area (Å²) < 4.78 is 37.6. The predicted octanol–water partition coefficient (Wildman–Crippen LogP) is 3.09. The number of nitrogens with zero attached hydrogens (tertiary/aromatic N) is 2. The lowest BCUT2D eigenvalue weighted by Crippen LogP contribution is -2.37. The summed E-state index contributed by atoms with van der Waals surface area (Å²) in [5.41, 5.74) is 1.07. The number of hydrogen-bond acceptors (Lipinski definition) is 3. The molecule has 0 aromatic heterocycles. The zero-order valence-corrected chi connectivity index (χ0v) is 14.5. The van der Waals surface area contributed by atoms with Crippen molar-refractivity contribution in [3.8, 4) is 0 Å². The molecule has 2 aliphatic rings. The molecule has 0 N–H and O–H groups in total. The molecular weight excluding hydrogens is 367 g/mol. The minimum Gasteiger partial charge on any atom is -0.288 e. The van der Waals surface area contributed by atoms with Crippen molar-refractivity contribution in [2.75, 3.05) is 21.3 Å². The summed E-state index contributed by atoms with van der Waals surface area (Å²) in [5.74, 6) is -0.616. The molecule has 5 nitrogen and oxygen atoms in total. The highest BCUT2D eigenvalue weighted by Crippen LogP contribution is 2.38. The number of benzene rings is 2. The largest absolute Gasteiger partial charge is 0.329 e. The average molecular weight is 381 g/mol. The van der Waals surface area contributed by atoms with E-state index in [4.69, 9.17) is 11.6 Å². The van der Waals surface area contributed by atoms with Gasteiger partial charge in [-0.05, 0) is 48.5 Å². The molecule has 2 saturated heterocycles. The number of sulfone groups is 1. The van der Waals surface area contributed by atoms with Crippen molar-refractivity contribution in [2.45, 2.75) is 12.1 Å². The average Bonchev–Trinajstić information content (AvgIpc) is 2.99. The van der Waals surface area contributed by atoms with Gasteiger partial charge in [-0.15, -0.1) is 0 Å². The lowest BCUT2D eigenvalue weighted by molar-refractivity contribution is 0.255. The van der Waals surface area contributed by atoms with Crippen molar-refractivity contribution < 1.29 is 17.6 Å². The van der Waals surface area contributed by atoms with Gasteiger partial charge in [-0.3, -0.25) is 9.80 Å². The maximum absolute atomic E-state index is 13.2. The number of anilines is 2. The van der Waals surface area contributed by atoms with E-state index in [0.717, 1.165) is 0 Å². The van der Waals surface area contributed by atoms with Gasteiger partial charge in [-0.1, -0.05) is 11.6 Å². The molecule has 2 fully saturated rings. The van der Waals surface area contributed by atoms with Gasteiger partial charge in [-0.2, -0.15) is 0 Å². The Balaban J connectivity index is 1.79. The van der Waals surface area contributed by atoms with Crippen LogP contribution in [0, 0.1) is 5.82 Å². The van der Waals surface area contributed by atoms with Gasteiger partial charge in [0.2, 0.25) is 0 Å². The van der Waals surface area contributed by atoms with E-state index in [1.807, 2.05) is 0 Å². The van der Waals surface area contributed by atoms with Crippen LogP contribution in [0.4, 0.5) is 20.6 Å². The van der Waals surface area contributed by atoms with Crippen molar-refractivity contribution in [2.24, 2.45) is 0 Å². The number of carbonyl (C=O) groups excluding carboxylic acids is 1. The van der Waals surface area contributed by atoms with Crippen molar-refractivity contribution in [3.05, 3.63) is 59.4 Å². The van der Waals surface area contributed by atoms with Gasteiger partial charge >= 0.3 is 6.03 Å². The number of urea groups is 1. The fourth-order valence-electron chi connectivity index (χ4n) is 3.51. The second-order valence-electron chi connectivity index (χ2n) is 6.19. The Morgan fingerprint density at radius 3 is 1.80 bits per heavy atom. The molecule has 0 spiro atoms. The zero-order valence-electron chi connectivity index (χ0n) is 13.0. The highest BCUT2D eigenvalue weighted by Gasteiger charge is 2.54. The van der Waals surface area contributed by atoms with Crippen molar-refractivity contribution >= 4 is 38.8 Å². The third-order valence-corrected chi connectivity index (χ3v) is 6.53. The Kier molecular flexibility index (Phi) is 3.73. The Labute approximate surface area is 149 Å². The maximum Gasteiger partial charge on any atom is 0.329 e. The molecule has 4 rings (SSSR count). The first-order valence-electron chi connectivity index (χ1n) is 7.70. The minimum atomic E-state index is -3.26. The van der Waals surface area contributed by atoms with Gasteiger partial charge in [0.15, 0.2) is 9.84 Å². The molecule has 2 amide bonds. The number of hydrogen-bond donors (Lipinski definition) is 0. The molecule has 2 aromatic carbocycles. The molecule has 25 heavy (non-hydrogen) atoms. The number of rotatable bonds is 2. The predicted molar refractivity (Wildman–Crippen MR) is 94.4 cm³/mol. The molecule has 2 aromatic rings. The van der Waals surface area contributed by atoms with E-state index in [1.165, 1.54) is 34.1 Å². The highest BCUT2D eigenvalue weighted by atomic mass is 35.5. The summed E-state index contributed by atoms with van der Waals surface area (Å²) in [6.07, 6.45) is 0. The van der Waals surface area contributed by atoms with Gasteiger partial charge in [-0.25, -0.2) is 17.6 Å². The summed E-state index contributed by atoms with van der Waals surface area (Å²) in [7, 11) is -3.26. The third-order valence-electron chi connectivity index (χ3n) is 4.58. The second-order valence-corrected chi connectivity index (χ2v) is 8.78. The molecule has 8 heteroatoms. The van der Waals surface area contributed by atoms with E-state index in [2.05, 4.69) is 0 Å². The van der Waals surface area contributed by atoms with Crippen LogP contribution in [0.2, 0.25) is 5.02 Å². The summed E-state index contributed by atoms with van der Waals surface area (Å²) in [6, 6.07) is 10.9. The number of carbonyl (C=O) groups is 1. The Morgan fingerprint density at radius 1 is 0.880 bits per heavy atom. The third kappa shape index (κ3) is 2.77. The molecule has 2 heterocycles. The standard InChI is InChI=1S/C17H14ClFN2O3S/c18-11-1-5-13(6-2-11)20-15-9-25(23,24)10-16(15)21(17(20)22)14-7-3-12(19)4-8-14/h1-8,15-16H,9-10H2/t15-,16+/m1/s1. The van der Waals surface area contributed by atoms with E-state index in [1.54, 1.807) is 24.3 Å².